The van der Waals surface area contributed by atoms with E-state index in [1.807, 2.05) is 60.7 Å². The minimum absolute atomic E-state index is 0.0133. The molecule has 0 aliphatic carbocycles. The van der Waals surface area contributed by atoms with E-state index < -0.39 is 52.7 Å². The highest BCUT2D eigenvalue weighted by atomic mass is 16.6. The maximum Gasteiger partial charge on any atom is 0.333 e. The number of ether oxygens (including phenoxy) is 2. The highest BCUT2D eigenvalue weighted by Crippen LogP contribution is 2.39. The van der Waals surface area contributed by atoms with Crippen LogP contribution in [0.3, 0.4) is 0 Å². The van der Waals surface area contributed by atoms with Crippen LogP contribution in [0, 0.1) is 12.3 Å². The van der Waals surface area contributed by atoms with E-state index >= 15 is 0 Å². The first-order valence-electron chi connectivity index (χ1n) is 13.5. The van der Waals surface area contributed by atoms with Gasteiger partial charge in [0.25, 0.3) is 0 Å². The van der Waals surface area contributed by atoms with Crippen molar-refractivity contribution in [3.63, 3.8) is 0 Å². The quantitative estimate of drug-likeness (QED) is 0.175. The van der Waals surface area contributed by atoms with E-state index in [0.29, 0.717) is 18.1 Å². The first-order valence-corrected chi connectivity index (χ1v) is 13.5. The Labute approximate surface area is 254 Å². The van der Waals surface area contributed by atoms with Gasteiger partial charge in [-0.05, 0) is 29.5 Å². The number of hydrogen-bond donors (Lipinski definition) is 2. The number of carboxylic acid groups (broad SMARTS) is 2. The molecule has 0 saturated carbocycles. The Hall–Kier alpha value is -5.38. The van der Waals surface area contributed by atoms with Gasteiger partial charge < -0.3 is 19.7 Å². The van der Waals surface area contributed by atoms with Gasteiger partial charge in [-0.1, -0.05) is 104 Å². The van der Waals surface area contributed by atoms with Gasteiger partial charge in [-0.25, -0.2) is 9.59 Å². The number of benzene rings is 3. The molecule has 0 aliphatic heterocycles. The monoisotopic (exact) mass is 601 g/mol. The molecule has 2 N–H and O–H groups in total. The van der Waals surface area contributed by atoms with Crippen LogP contribution >= 0.6 is 0 Å². The fraction of sp³-hybridized carbons (Fsp3) is 0.206. The van der Waals surface area contributed by atoms with Gasteiger partial charge >= 0.3 is 35.8 Å². The molecule has 44 heavy (non-hydrogen) atoms. The largest absolute Gasteiger partial charge is 0.478 e. The van der Waals surface area contributed by atoms with Crippen molar-refractivity contribution in [2.75, 3.05) is 0 Å². The predicted octanol–water partition coefficient (Wildman–Crippen LogP) is 4.92. The Morgan fingerprint density at radius 3 is 1.66 bits per heavy atom. The summed E-state index contributed by atoms with van der Waals surface area (Å²) in [5, 5.41) is 18.6. The molecule has 0 fully saturated rings. The van der Waals surface area contributed by atoms with Gasteiger partial charge in [-0.3, -0.25) is 19.2 Å². The molecular weight excluding hydrogens is 568 g/mol. The molecule has 10 nitrogen and oxygen atoms in total. The summed E-state index contributed by atoms with van der Waals surface area (Å²) < 4.78 is 9.31. The van der Waals surface area contributed by atoms with Crippen LogP contribution in [0.1, 0.15) is 49.3 Å². The molecule has 10 heteroatoms. The van der Waals surface area contributed by atoms with Crippen molar-refractivity contribution >= 4 is 35.8 Å². The minimum Gasteiger partial charge on any atom is -0.478 e. The van der Waals surface area contributed by atoms with Crippen molar-refractivity contribution < 1.29 is 48.5 Å². The van der Waals surface area contributed by atoms with E-state index in [2.05, 4.69) is 16.4 Å². The van der Waals surface area contributed by atoms with E-state index in [-0.39, 0.29) is 12.8 Å². The fourth-order valence-corrected chi connectivity index (χ4v) is 4.66. The second-order valence-corrected chi connectivity index (χ2v) is 9.62. The van der Waals surface area contributed by atoms with Crippen molar-refractivity contribution in [1.82, 2.24) is 0 Å². The second kappa shape index (κ2) is 16.9. The van der Waals surface area contributed by atoms with Gasteiger partial charge in [0.05, 0.1) is 12.5 Å². The standard InChI is InChI=1S/C18H20O7.C16H13O3/c1-3-9-18(17(24)25-12(2)19,11-13-7-5-4-6-8-13)14(16(22)23)10-15(20)21;1-12(17)19-16(18)15(13-8-4-2-5-9-13)14-10-6-3-7-11-14/h4-8,10H,3,9,11H2,1-2H3,(H,20,21)(H,22,23);2-11,15H,1H2/b14-10+;. The average molecular weight is 602 g/mol. The molecule has 1 unspecified atom stereocenters. The molecule has 3 aromatic rings. The van der Waals surface area contributed by atoms with E-state index in [4.69, 9.17) is 5.11 Å². The lowest BCUT2D eigenvalue weighted by molar-refractivity contribution is -0.166. The summed E-state index contributed by atoms with van der Waals surface area (Å²) in [6.07, 6.45) is 0.783. The zero-order valence-corrected chi connectivity index (χ0v) is 24.3. The molecule has 0 spiro atoms. The smallest absolute Gasteiger partial charge is 0.333 e. The number of carbonyl (C=O) groups excluding carboxylic acids is 4. The minimum atomic E-state index is -1.79. The molecule has 1 radical (unpaired) electrons. The van der Waals surface area contributed by atoms with Crippen LogP contribution in [-0.4, -0.2) is 46.0 Å². The molecule has 0 saturated heterocycles. The lowest BCUT2D eigenvalue weighted by Crippen LogP contribution is -2.41. The SMILES string of the molecule is CCCC(Cc1ccccc1)(C(=O)OC(C)=O)/C(=C/C(=O)O)C(=O)O.[CH2]C(=O)OC(=O)C(c1ccccc1)c1ccccc1. The molecular formula is C34H33O10. The van der Waals surface area contributed by atoms with Crippen molar-refractivity contribution in [2.45, 2.75) is 39.0 Å². The lowest BCUT2D eigenvalue weighted by Gasteiger charge is -2.31. The van der Waals surface area contributed by atoms with Crippen LogP contribution in [0.15, 0.2) is 103 Å². The highest BCUT2D eigenvalue weighted by Gasteiger charge is 2.47. The van der Waals surface area contributed by atoms with E-state index in [0.717, 1.165) is 18.1 Å². The summed E-state index contributed by atoms with van der Waals surface area (Å²) in [7, 11) is 0. The summed E-state index contributed by atoms with van der Waals surface area (Å²) in [5.74, 6) is -7.08. The Morgan fingerprint density at radius 2 is 1.27 bits per heavy atom. The Morgan fingerprint density at radius 1 is 0.795 bits per heavy atom. The van der Waals surface area contributed by atoms with Gasteiger partial charge in [0.15, 0.2) is 0 Å². The maximum atomic E-state index is 12.7. The zero-order valence-electron chi connectivity index (χ0n) is 24.3. The molecule has 3 aromatic carbocycles. The summed E-state index contributed by atoms with van der Waals surface area (Å²) >= 11 is 0. The summed E-state index contributed by atoms with van der Waals surface area (Å²) in [5.41, 5.74) is -0.225. The Bertz CT molecular complexity index is 1440. The average Bonchev–Trinajstić information content (AvgIpc) is 2.97. The van der Waals surface area contributed by atoms with Crippen LogP contribution in [0.25, 0.3) is 0 Å². The molecule has 3 rings (SSSR count). The third-order valence-corrected chi connectivity index (χ3v) is 6.38. The normalized spacial score (nSPS) is 12.1. The van der Waals surface area contributed by atoms with Crippen LogP contribution in [0.2, 0.25) is 0 Å². The number of carboxylic acids is 2. The maximum absolute atomic E-state index is 12.7. The lowest BCUT2D eigenvalue weighted by atomic mass is 9.71. The van der Waals surface area contributed by atoms with Crippen molar-refractivity contribution in [3.05, 3.63) is 126 Å². The van der Waals surface area contributed by atoms with Crippen molar-refractivity contribution in [3.8, 4) is 0 Å². The third-order valence-electron chi connectivity index (χ3n) is 6.38. The number of hydrogen-bond acceptors (Lipinski definition) is 8. The highest BCUT2D eigenvalue weighted by molar-refractivity contribution is 6.03. The molecule has 0 amide bonds. The summed E-state index contributed by atoms with van der Waals surface area (Å²) in [4.78, 5) is 69.7. The first-order chi connectivity index (χ1) is 20.9. The number of aliphatic carboxylic acids is 2. The molecule has 0 aliphatic rings. The van der Waals surface area contributed by atoms with Gasteiger partial charge in [0.1, 0.15) is 11.3 Å². The Kier molecular flexibility index (Phi) is 13.4. The van der Waals surface area contributed by atoms with E-state index in [1.165, 1.54) is 0 Å². The van der Waals surface area contributed by atoms with Crippen LogP contribution in [0.4, 0.5) is 0 Å². The molecule has 229 valence electrons. The molecule has 0 aromatic heterocycles. The third kappa shape index (κ3) is 10.2. The van der Waals surface area contributed by atoms with Gasteiger partial charge in [0, 0.05) is 13.0 Å². The molecule has 0 heterocycles. The summed E-state index contributed by atoms with van der Waals surface area (Å²) in [6, 6.07) is 26.9. The number of esters is 4. The topological polar surface area (TPSA) is 161 Å². The fourth-order valence-electron chi connectivity index (χ4n) is 4.66. The first kappa shape index (κ1) is 34.8. The van der Waals surface area contributed by atoms with Gasteiger partial charge in [0.2, 0.25) is 0 Å². The predicted molar refractivity (Wildman–Crippen MR) is 159 cm³/mol. The van der Waals surface area contributed by atoms with E-state index in [1.54, 1.807) is 37.3 Å². The Balaban J connectivity index is 0.000000317. The van der Waals surface area contributed by atoms with E-state index in [9.17, 15) is 33.9 Å². The van der Waals surface area contributed by atoms with Crippen LogP contribution < -0.4 is 0 Å². The zero-order chi connectivity index (χ0) is 32.7. The van der Waals surface area contributed by atoms with Crippen molar-refractivity contribution in [2.24, 2.45) is 5.41 Å². The molecule has 0 bridgehead atoms. The summed E-state index contributed by atoms with van der Waals surface area (Å²) in [6.45, 7) is 5.82. The number of carbonyl (C=O) groups is 6. The van der Waals surface area contributed by atoms with Crippen LogP contribution in [0.5, 0.6) is 0 Å². The molecule has 1 atom stereocenters. The second-order valence-electron chi connectivity index (χ2n) is 9.62. The van der Waals surface area contributed by atoms with Crippen LogP contribution in [-0.2, 0) is 44.7 Å². The van der Waals surface area contributed by atoms with Gasteiger partial charge in [-0.15, -0.1) is 0 Å². The number of rotatable bonds is 11. The van der Waals surface area contributed by atoms with Crippen molar-refractivity contribution in [1.29, 1.82) is 0 Å². The van der Waals surface area contributed by atoms with Gasteiger partial charge in [-0.2, -0.15) is 0 Å².